The van der Waals surface area contributed by atoms with E-state index in [1.165, 1.54) is 0 Å². The second kappa shape index (κ2) is 6.41. The second-order valence-corrected chi connectivity index (χ2v) is 6.71. The molecule has 0 fully saturated rings. The summed E-state index contributed by atoms with van der Waals surface area (Å²) in [5.41, 5.74) is 1.89. The van der Waals surface area contributed by atoms with Crippen LogP contribution in [0.2, 0.25) is 5.02 Å². The third kappa shape index (κ3) is 3.15. The van der Waals surface area contributed by atoms with Crippen LogP contribution in [0.15, 0.2) is 27.1 Å². The number of hydrogen-bond acceptors (Lipinski definition) is 3. The molecule has 0 aliphatic rings. The van der Waals surface area contributed by atoms with Crippen molar-refractivity contribution in [1.82, 2.24) is 9.97 Å². The Labute approximate surface area is 140 Å². The molecule has 0 amide bonds. The predicted octanol–water partition coefficient (Wildman–Crippen LogP) is 5.49. The van der Waals surface area contributed by atoms with Crippen LogP contribution in [-0.4, -0.2) is 17.0 Å². The summed E-state index contributed by atoms with van der Waals surface area (Å²) in [5, 5.41) is 3.77. The average molecular weight is 420 g/mol. The van der Waals surface area contributed by atoms with Crippen LogP contribution in [0.5, 0.6) is 0 Å². The van der Waals surface area contributed by atoms with Crippen LogP contribution in [0.1, 0.15) is 25.5 Å². The summed E-state index contributed by atoms with van der Waals surface area (Å²) in [6.45, 7) is 4.21. The molecule has 1 aromatic carbocycles. The van der Waals surface area contributed by atoms with E-state index in [4.69, 9.17) is 11.6 Å². The molecule has 1 heterocycles. The molecule has 0 radical (unpaired) electrons. The zero-order valence-electron chi connectivity index (χ0n) is 11.3. The van der Waals surface area contributed by atoms with Crippen molar-refractivity contribution in [3.8, 4) is 11.4 Å². The van der Waals surface area contributed by atoms with E-state index in [1.807, 2.05) is 25.2 Å². The van der Waals surface area contributed by atoms with Gasteiger partial charge in [-0.25, -0.2) is 9.97 Å². The molecule has 106 valence electrons. The molecule has 0 saturated carbocycles. The fourth-order valence-electron chi connectivity index (χ4n) is 1.80. The molecule has 2 rings (SSSR count). The van der Waals surface area contributed by atoms with Gasteiger partial charge in [0.25, 0.3) is 0 Å². The zero-order valence-corrected chi connectivity index (χ0v) is 15.3. The largest absolute Gasteiger partial charge is 0.372 e. The molecule has 0 spiro atoms. The van der Waals surface area contributed by atoms with Crippen LogP contribution in [0, 0.1) is 0 Å². The van der Waals surface area contributed by atoms with Crippen LogP contribution in [-0.2, 0) is 0 Å². The molecule has 0 atom stereocenters. The summed E-state index contributed by atoms with van der Waals surface area (Å²) in [6, 6.07) is 5.59. The van der Waals surface area contributed by atoms with E-state index in [-0.39, 0.29) is 0 Å². The van der Waals surface area contributed by atoms with Crippen molar-refractivity contribution in [2.24, 2.45) is 0 Å². The van der Waals surface area contributed by atoms with Crippen LogP contribution in [0.25, 0.3) is 11.4 Å². The van der Waals surface area contributed by atoms with Crippen LogP contribution in [0.4, 0.5) is 5.82 Å². The first-order valence-corrected chi connectivity index (χ1v) is 8.11. The highest BCUT2D eigenvalue weighted by Crippen LogP contribution is 2.34. The first-order valence-electron chi connectivity index (χ1n) is 6.14. The van der Waals surface area contributed by atoms with Crippen molar-refractivity contribution in [2.75, 3.05) is 12.4 Å². The summed E-state index contributed by atoms with van der Waals surface area (Å²) in [6.07, 6.45) is 0. The maximum Gasteiger partial charge on any atom is 0.162 e. The molecule has 0 aliphatic carbocycles. The van der Waals surface area contributed by atoms with Gasteiger partial charge in [0, 0.05) is 22.1 Å². The van der Waals surface area contributed by atoms with Crippen molar-refractivity contribution < 1.29 is 0 Å². The van der Waals surface area contributed by atoms with Gasteiger partial charge in [-0.2, -0.15) is 0 Å². The van der Waals surface area contributed by atoms with Crippen molar-refractivity contribution in [1.29, 1.82) is 0 Å². The van der Waals surface area contributed by atoms with Gasteiger partial charge in [-0.05, 0) is 56.0 Å². The van der Waals surface area contributed by atoms with Gasteiger partial charge >= 0.3 is 0 Å². The molecular formula is C14H14Br2ClN3. The Morgan fingerprint density at radius 2 is 1.90 bits per heavy atom. The first-order chi connectivity index (χ1) is 9.43. The molecule has 1 N–H and O–H groups in total. The topological polar surface area (TPSA) is 37.8 Å². The van der Waals surface area contributed by atoms with E-state index in [0.717, 1.165) is 26.0 Å². The highest BCUT2D eigenvalue weighted by molar-refractivity contribution is 9.11. The lowest BCUT2D eigenvalue weighted by molar-refractivity contribution is 0.810. The fourth-order valence-corrected chi connectivity index (χ4v) is 3.50. The van der Waals surface area contributed by atoms with Crippen molar-refractivity contribution >= 4 is 49.3 Å². The molecule has 0 aliphatic heterocycles. The summed E-state index contributed by atoms with van der Waals surface area (Å²) < 4.78 is 1.79. The number of nitrogens with one attached hydrogen (secondary N) is 1. The molecule has 0 unspecified atom stereocenters. The molecule has 0 saturated heterocycles. The molecule has 1 aromatic heterocycles. The predicted molar refractivity (Wildman–Crippen MR) is 91.5 cm³/mol. The number of anilines is 1. The van der Waals surface area contributed by atoms with E-state index in [2.05, 4.69) is 61.0 Å². The Morgan fingerprint density at radius 3 is 2.45 bits per heavy atom. The summed E-state index contributed by atoms with van der Waals surface area (Å²) in [5.74, 6) is 1.75. The highest BCUT2D eigenvalue weighted by Gasteiger charge is 2.16. The Morgan fingerprint density at radius 1 is 1.20 bits per heavy atom. The third-order valence-electron chi connectivity index (χ3n) is 2.83. The SMILES string of the molecule is CNc1nc(-c2ccc(Cl)cc2Br)nc(C(C)C)c1Br. The monoisotopic (exact) mass is 417 g/mol. The fraction of sp³-hybridized carbons (Fsp3) is 0.286. The molecule has 20 heavy (non-hydrogen) atoms. The summed E-state index contributed by atoms with van der Waals surface area (Å²) in [7, 11) is 1.85. The van der Waals surface area contributed by atoms with E-state index in [0.29, 0.717) is 16.8 Å². The maximum absolute atomic E-state index is 5.98. The Hall–Kier alpha value is -0.650. The van der Waals surface area contributed by atoms with E-state index >= 15 is 0 Å². The molecule has 6 heteroatoms. The standard InChI is InChI=1S/C14H14Br2ClN3/c1-7(2)12-11(16)14(18-3)20-13(19-12)9-5-4-8(17)6-10(9)15/h4-7H,1-3H3,(H,18,19,20). The molecular weight excluding hydrogens is 405 g/mol. The van der Waals surface area contributed by atoms with E-state index in [9.17, 15) is 0 Å². The number of nitrogens with zero attached hydrogens (tertiary/aromatic N) is 2. The lowest BCUT2D eigenvalue weighted by atomic mass is 10.1. The quantitative estimate of drug-likeness (QED) is 0.715. The van der Waals surface area contributed by atoms with Gasteiger partial charge in [-0.3, -0.25) is 0 Å². The van der Waals surface area contributed by atoms with Crippen LogP contribution in [0.3, 0.4) is 0 Å². The summed E-state index contributed by atoms with van der Waals surface area (Å²) >= 11 is 13.1. The minimum atomic E-state index is 0.296. The lowest BCUT2D eigenvalue weighted by Gasteiger charge is -2.14. The molecule has 3 nitrogen and oxygen atoms in total. The normalized spacial score (nSPS) is 10.9. The number of rotatable bonds is 3. The van der Waals surface area contributed by atoms with Gasteiger partial charge in [0.1, 0.15) is 5.82 Å². The Kier molecular flexibility index (Phi) is 5.04. The smallest absolute Gasteiger partial charge is 0.162 e. The minimum Gasteiger partial charge on any atom is -0.372 e. The lowest BCUT2D eigenvalue weighted by Crippen LogP contribution is -2.04. The zero-order chi connectivity index (χ0) is 14.9. The number of hydrogen-bond donors (Lipinski definition) is 1. The highest BCUT2D eigenvalue weighted by atomic mass is 79.9. The number of aromatic nitrogens is 2. The van der Waals surface area contributed by atoms with Gasteiger partial charge in [-0.1, -0.05) is 25.4 Å². The van der Waals surface area contributed by atoms with Gasteiger partial charge in [0.2, 0.25) is 0 Å². The second-order valence-electron chi connectivity index (χ2n) is 4.62. The first kappa shape index (κ1) is 15.7. The van der Waals surface area contributed by atoms with Crippen molar-refractivity contribution in [3.05, 3.63) is 37.9 Å². The minimum absolute atomic E-state index is 0.296. The van der Waals surface area contributed by atoms with Gasteiger partial charge in [0.05, 0.1) is 10.2 Å². The third-order valence-corrected chi connectivity index (χ3v) is 4.51. The Balaban J connectivity index is 2.65. The summed E-state index contributed by atoms with van der Waals surface area (Å²) in [4.78, 5) is 9.22. The molecule has 0 bridgehead atoms. The van der Waals surface area contributed by atoms with Gasteiger partial charge < -0.3 is 5.32 Å². The van der Waals surface area contributed by atoms with E-state index < -0.39 is 0 Å². The maximum atomic E-state index is 5.98. The van der Waals surface area contributed by atoms with Crippen LogP contribution < -0.4 is 5.32 Å². The van der Waals surface area contributed by atoms with Crippen molar-refractivity contribution in [2.45, 2.75) is 19.8 Å². The molecule has 2 aromatic rings. The number of halogens is 3. The van der Waals surface area contributed by atoms with Crippen molar-refractivity contribution in [3.63, 3.8) is 0 Å². The average Bonchev–Trinajstić information content (AvgIpc) is 2.39. The van der Waals surface area contributed by atoms with E-state index in [1.54, 1.807) is 0 Å². The van der Waals surface area contributed by atoms with Gasteiger partial charge in [-0.15, -0.1) is 0 Å². The number of benzene rings is 1. The van der Waals surface area contributed by atoms with Gasteiger partial charge in [0.15, 0.2) is 5.82 Å². The van der Waals surface area contributed by atoms with Crippen LogP contribution >= 0.6 is 43.5 Å². The Bertz CT molecular complexity index is 645.